The molecule has 0 bridgehead atoms. The summed E-state index contributed by atoms with van der Waals surface area (Å²) in [5.41, 5.74) is 7.40. The van der Waals surface area contributed by atoms with Crippen LogP contribution in [-0.2, 0) is 11.0 Å². The van der Waals surface area contributed by atoms with E-state index in [1.165, 1.54) is 24.3 Å². The van der Waals surface area contributed by atoms with Gasteiger partial charge in [0.15, 0.2) is 5.70 Å². The van der Waals surface area contributed by atoms with Crippen LogP contribution in [0.1, 0.15) is 5.56 Å². The second-order valence-electron chi connectivity index (χ2n) is 4.89. The largest absolute Gasteiger partial charge is 0.476 e. The lowest BCUT2D eigenvalue weighted by Crippen LogP contribution is -2.31. The van der Waals surface area contributed by atoms with Crippen LogP contribution in [0.2, 0.25) is 0 Å². The van der Waals surface area contributed by atoms with Gasteiger partial charge in [-0.2, -0.15) is 13.2 Å². The lowest BCUT2D eigenvalue weighted by atomic mass is 10.0. The van der Waals surface area contributed by atoms with Gasteiger partial charge in [0.1, 0.15) is 5.75 Å². The van der Waals surface area contributed by atoms with E-state index in [0.717, 1.165) is 12.1 Å². The number of carbonyl (C=O) groups is 1. The smallest absolute Gasteiger partial charge is 0.416 e. The minimum atomic E-state index is -4.39. The van der Waals surface area contributed by atoms with Gasteiger partial charge in [-0.3, -0.25) is 5.84 Å². The van der Waals surface area contributed by atoms with Crippen molar-refractivity contribution in [2.45, 2.75) is 6.18 Å². The van der Waals surface area contributed by atoms with E-state index in [1.807, 2.05) is 5.43 Å². The number of carboxylic acid groups (broad SMARTS) is 1. The fourth-order valence-electron chi connectivity index (χ4n) is 1.98. The average Bonchev–Trinajstić information content (AvgIpc) is 2.55. The Kier molecular flexibility index (Phi) is 5.18. The van der Waals surface area contributed by atoms with Crippen molar-refractivity contribution in [2.75, 3.05) is 0 Å². The Morgan fingerprint density at radius 1 is 1.00 bits per heavy atom. The number of hydrogen-bond donors (Lipinski definition) is 4. The van der Waals surface area contributed by atoms with E-state index in [4.69, 9.17) is 21.4 Å². The maximum atomic E-state index is 12.6. The number of nitrogens with one attached hydrogen (secondary N) is 1. The fraction of sp³-hybridized carbons (Fsp3) is 0.0625. The molecule has 0 atom stereocenters. The van der Waals surface area contributed by atoms with E-state index in [9.17, 15) is 18.0 Å². The summed E-state index contributed by atoms with van der Waals surface area (Å²) in [6, 6.07) is 10.9. The number of halogens is 3. The number of nitrogens with two attached hydrogens (primary N) is 2. The second kappa shape index (κ2) is 7.14. The van der Waals surface area contributed by atoms with Crippen molar-refractivity contribution < 1.29 is 27.8 Å². The molecule has 2 rings (SSSR count). The minimum absolute atomic E-state index is 0.238. The van der Waals surface area contributed by atoms with Crippen LogP contribution in [0.5, 0.6) is 5.75 Å². The van der Waals surface area contributed by atoms with Crippen LogP contribution >= 0.6 is 0 Å². The number of hydrazine groups is 1. The summed E-state index contributed by atoms with van der Waals surface area (Å²) in [4.78, 5) is 10.9. The minimum Gasteiger partial charge on any atom is -0.476 e. The first-order chi connectivity index (χ1) is 11.7. The molecule has 132 valence electrons. The molecule has 0 aliphatic carbocycles. The third-order valence-corrected chi connectivity index (χ3v) is 3.23. The number of hydrogen-bond acceptors (Lipinski definition) is 5. The topological polar surface area (TPSA) is 111 Å². The fourth-order valence-corrected chi connectivity index (χ4v) is 1.98. The Morgan fingerprint density at radius 3 is 1.88 bits per heavy atom. The summed E-state index contributed by atoms with van der Waals surface area (Å²) in [7, 11) is 0. The summed E-state index contributed by atoms with van der Waals surface area (Å²) in [5.74, 6) is 3.46. The molecule has 2 aromatic rings. The third kappa shape index (κ3) is 4.42. The molecule has 0 amide bonds. The van der Waals surface area contributed by atoms with E-state index < -0.39 is 29.3 Å². The van der Waals surface area contributed by atoms with Crippen molar-refractivity contribution in [1.82, 2.24) is 5.43 Å². The summed E-state index contributed by atoms with van der Waals surface area (Å²) in [6.07, 6.45) is -4.39. The van der Waals surface area contributed by atoms with Crippen LogP contribution in [-0.4, -0.2) is 11.1 Å². The van der Waals surface area contributed by atoms with Crippen LogP contribution in [0.4, 0.5) is 13.2 Å². The Morgan fingerprint density at radius 2 is 1.48 bits per heavy atom. The molecule has 0 saturated heterocycles. The van der Waals surface area contributed by atoms with Gasteiger partial charge in [0.05, 0.1) is 5.56 Å². The molecule has 0 aliphatic rings. The average molecular weight is 353 g/mol. The highest BCUT2D eigenvalue weighted by Gasteiger charge is 2.29. The highest BCUT2D eigenvalue weighted by molar-refractivity contribution is 5.86. The molecule has 0 radical (unpaired) electrons. The van der Waals surface area contributed by atoms with Gasteiger partial charge in [-0.25, -0.2) is 4.79 Å². The van der Waals surface area contributed by atoms with E-state index in [1.54, 1.807) is 12.1 Å². The Labute approximate surface area is 140 Å². The zero-order valence-corrected chi connectivity index (χ0v) is 12.7. The first-order valence-corrected chi connectivity index (χ1v) is 6.87. The molecular formula is C16H14F3N3O3. The first kappa shape index (κ1) is 18.1. The first-order valence-electron chi connectivity index (χ1n) is 6.87. The summed E-state index contributed by atoms with van der Waals surface area (Å²) in [5, 5.41) is 8.85. The SMILES string of the molecule is NN/C(C(=O)O)=C(\N)Oc1ccc(-c2ccc(C(F)(F)F)cc2)cc1. The van der Waals surface area contributed by atoms with Crippen molar-refractivity contribution in [2.24, 2.45) is 11.6 Å². The number of rotatable bonds is 5. The standard InChI is InChI=1S/C16H14F3N3O3/c17-16(18,19)11-5-1-9(2-6-11)10-3-7-12(8-4-10)25-14(20)13(22-21)15(23)24/h1-8,22H,20-21H2,(H,23,24)/b14-13+. The van der Waals surface area contributed by atoms with Gasteiger partial charge in [-0.1, -0.05) is 24.3 Å². The van der Waals surface area contributed by atoms with Gasteiger partial charge < -0.3 is 21.0 Å². The van der Waals surface area contributed by atoms with Gasteiger partial charge in [0.2, 0.25) is 5.88 Å². The quantitative estimate of drug-likeness (QED) is 0.284. The third-order valence-electron chi connectivity index (χ3n) is 3.23. The van der Waals surface area contributed by atoms with Crippen molar-refractivity contribution in [3.05, 3.63) is 65.7 Å². The maximum absolute atomic E-state index is 12.6. The van der Waals surface area contributed by atoms with Crippen LogP contribution in [0, 0.1) is 0 Å². The molecular weight excluding hydrogens is 339 g/mol. The Bertz CT molecular complexity index is 785. The molecule has 0 unspecified atom stereocenters. The zero-order chi connectivity index (χ0) is 18.6. The number of benzene rings is 2. The van der Waals surface area contributed by atoms with Crippen LogP contribution in [0.15, 0.2) is 60.1 Å². The summed E-state index contributed by atoms with van der Waals surface area (Å²) < 4.78 is 42.8. The highest BCUT2D eigenvalue weighted by Crippen LogP contribution is 2.31. The molecule has 0 aromatic heterocycles. The van der Waals surface area contributed by atoms with E-state index >= 15 is 0 Å². The monoisotopic (exact) mass is 353 g/mol. The molecule has 0 fully saturated rings. The second-order valence-corrected chi connectivity index (χ2v) is 4.89. The molecule has 0 aliphatic heterocycles. The van der Waals surface area contributed by atoms with E-state index in [-0.39, 0.29) is 5.75 Å². The molecule has 2 aromatic carbocycles. The molecule has 0 heterocycles. The van der Waals surface area contributed by atoms with Crippen LogP contribution in [0.3, 0.4) is 0 Å². The van der Waals surface area contributed by atoms with Crippen molar-refractivity contribution >= 4 is 5.97 Å². The van der Waals surface area contributed by atoms with Crippen molar-refractivity contribution in [3.8, 4) is 16.9 Å². The Hall–Kier alpha value is -3.20. The summed E-state index contributed by atoms with van der Waals surface area (Å²) in [6.45, 7) is 0. The van der Waals surface area contributed by atoms with Gasteiger partial charge in [0, 0.05) is 0 Å². The molecule has 25 heavy (non-hydrogen) atoms. The van der Waals surface area contributed by atoms with Crippen LogP contribution < -0.4 is 21.7 Å². The Balaban J connectivity index is 2.19. The number of carboxylic acids is 1. The van der Waals surface area contributed by atoms with E-state index in [2.05, 4.69) is 0 Å². The van der Waals surface area contributed by atoms with Crippen LogP contribution in [0.25, 0.3) is 11.1 Å². The van der Waals surface area contributed by atoms with Gasteiger partial charge >= 0.3 is 12.1 Å². The van der Waals surface area contributed by atoms with Gasteiger partial charge in [-0.05, 0) is 35.4 Å². The van der Waals surface area contributed by atoms with Crippen molar-refractivity contribution in [3.63, 3.8) is 0 Å². The molecule has 0 spiro atoms. The maximum Gasteiger partial charge on any atom is 0.416 e. The lowest BCUT2D eigenvalue weighted by Gasteiger charge is -2.10. The summed E-state index contributed by atoms with van der Waals surface area (Å²) >= 11 is 0. The highest BCUT2D eigenvalue weighted by atomic mass is 19.4. The predicted octanol–water partition coefficient (Wildman–Crippen LogP) is 2.43. The molecule has 0 saturated carbocycles. The normalized spacial score (nSPS) is 12.3. The van der Waals surface area contributed by atoms with Gasteiger partial charge in [0.25, 0.3) is 0 Å². The van der Waals surface area contributed by atoms with Crippen molar-refractivity contribution in [1.29, 1.82) is 0 Å². The number of ether oxygens (including phenoxy) is 1. The number of aliphatic carboxylic acids is 1. The van der Waals surface area contributed by atoms with Gasteiger partial charge in [-0.15, -0.1) is 0 Å². The van der Waals surface area contributed by atoms with E-state index in [0.29, 0.717) is 11.1 Å². The lowest BCUT2D eigenvalue weighted by molar-refractivity contribution is -0.137. The molecule has 6 N–H and O–H groups in total. The molecule has 9 heteroatoms. The predicted molar refractivity (Wildman–Crippen MR) is 83.7 cm³/mol. The number of alkyl halides is 3. The zero-order valence-electron chi connectivity index (χ0n) is 12.7. The molecule has 6 nitrogen and oxygen atoms in total.